The minimum Gasteiger partial charge on any atom is -0.313 e. The van der Waals surface area contributed by atoms with Gasteiger partial charge in [-0.3, -0.25) is 9.78 Å². The lowest BCUT2D eigenvalue weighted by Gasteiger charge is -2.06. The maximum absolute atomic E-state index is 13.8. The van der Waals surface area contributed by atoms with E-state index in [0.29, 0.717) is 11.3 Å². The van der Waals surface area contributed by atoms with Crippen molar-refractivity contribution in [1.29, 1.82) is 0 Å². The minimum atomic E-state index is -0.593. The predicted octanol–water partition coefficient (Wildman–Crippen LogP) is 2.89. The van der Waals surface area contributed by atoms with Gasteiger partial charge in [0, 0.05) is 6.20 Å². The Balaban J connectivity index is 1.69. The first-order chi connectivity index (χ1) is 12.4. The molecule has 6 nitrogen and oxygen atoms in total. The molecule has 2 heterocycles. The molecule has 0 amide bonds. The molecule has 2 N–H and O–H groups in total. The summed E-state index contributed by atoms with van der Waals surface area (Å²) in [6, 6.07) is 6.93. The first-order valence-electron chi connectivity index (χ1n) is 8.05. The number of H-pyrrole nitrogens is 2. The summed E-state index contributed by atoms with van der Waals surface area (Å²) in [5.74, 6) is 0.00165. The standard InChI is InChI=1S/C18H14ClFN4O2/c1-8-2-3-9(4-14(8)20)10-5-11(10)12-6-15(23-24-16(12)19)13-7-21-18(26)22-17(13)25/h2-4,6-7,10-11H,5H2,1H3,(H2,21,22,25,26)/t10-,11+/m1/s1. The number of aryl methyl sites for hydroxylation is 1. The first-order valence-corrected chi connectivity index (χ1v) is 8.43. The molecule has 0 radical (unpaired) electrons. The van der Waals surface area contributed by atoms with Crippen LogP contribution in [0.4, 0.5) is 4.39 Å². The van der Waals surface area contributed by atoms with Crippen LogP contribution in [0.1, 0.15) is 34.9 Å². The summed E-state index contributed by atoms with van der Waals surface area (Å²) in [7, 11) is 0. The first kappa shape index (κ1) is 16.7. The summed E-state index contributed by atoms with van der Waals surface area (Å²) < 4.78 is 13.8. The zero-order valence-electron chi connectivity index (χ0n) is 13.7. The third kappa shape index (κ3) is 2.94. The minimum absolute atomic E-state index is 0.0840. The van der Waals surface area contributed by atoms with Gasteiger partial charge in [-0.1, -0.05) is 23.7 Å². The summed E-state index contributed by atoms with van der Waals surface area (Å²) in [5, 5.41) is 8.14. The van der Waals surface area contributed by atoms with Gasteiger partial charge in [0.25, 0.3) is 5.56 Å². The molecule has 2 atom stereocenters. The Morgan fingerprint density at radius 1 is 1.19 bits per heavy atom. The number of nitrogens with one attached hydrogen (secondary N) is 2. The van der Waals surface area contributed by atoms with Crippen LogP contribution in [0.3, 0.4) is 0 Å². The number of aromatic amines is 2. The third-order valence-corrected chi connectivity index (χ3v) is 4.98. The van der Waals surface area contributed by atoms with Gasteiger partial charge in [0.05, 0.1) is 5.56 Å². The maximum atomic E-state index is 13.8. The number of benzene rings is 1. The average Bonchev–Trinajstić information content (AvgIpc) is 3.39. The van der Waals surface area contributed by atoms with Gasteiger partial charge in [-0.05, 0) is 54.0 Å². The van der Waals surface area contributed by atoms with Crippen LogP contribution in [0.25, 0.3) is 11.3 Å². The van der Waals surface area contributed by atoms with Crippen LogP contribution in [-0.4, -0.2) is 20.2 Å². The molecule has 2 aromatic heterocycles. The molecule has 132 valence electrons. The molecule has 1 saturated carbocycles. The van der Waals surface area contributed by atoms with Crippen molar-refractivity contribution < 1.29 is 4.39 Å². The van der Waals surface area contributed by atoms with Gasteiger partial charge < -0.3 is 4.98 Å². The van der Waals surface area contributed by atoms with Crippen molar-refractivity contribution in [3.05, 3.63) is 79.0 Å². The zero-order chi connectivity index (χ0) is 18.4. The molecule has 4 rings (SSSR count). The van der Waals surface area contributed by atoms with E-state index in [1.807, 2.05) is 6.07 Å². The molecular weight excluding hydrogens is 359 g/mol. The number of halogens is 2. The number of rotatable bonds is 3. The average molecular weight is 373 g/mol. The molecule has 1 aliphatic carbocycles. The van der Waals surface area contributed by atoms with Crippen LogP contribution in [0, 0.1) is 12.7 Å². The largest absolute Gasteiger partial charge is 0.325 e. The number of hydrogen-bond acceptors (Lipinski definition) is 4. The normalized spacial score (nSPS) is 18.7. The maximum Gasteiger partial charge on any atom is 0.325 e. The molecule has 0 aliphatic heterocycles. The van der Waals surface area contributed by atoms with E-state index in [-0.39, 0.29) is 28.4 Å². The number of nitrogens with zero attached hydrogens (tertiary/aromatic N) is 2. The smallest absolute Gasteiger partial charge is 0.313 e. The highest BCUT2D eigenvalue weighted by atomic mass is 35.5. The second kappa shape index (κ2) is 6.17. The van der Waals surface area contributed by atoms with Crippen LogP contribution in [0.2, 0.25) is 5.15 Å². The van der Waals surface area contributed by atoms with Crippen LogP contribution >= 0.6 is 11.6 Å². The number of aromatic nitrogens is 4. The predicted molar refractivity (Wildman–Crippen MR) is 95.0 cm³/mol. The summed E-state index contributed by atoms with van der Waals surface area (Å²) in [5.41, 5.74) is 1.65. The SMILES string of the molecule is Cc1ccc([C@H]2C[C@@H]2c2cc(-c3c[nH]c(=O)[nH]c3=O)nnc2Cl)cc1F. The van der Waals surface area contributed by atoms with E-state index in [4.69, 9.17) is 11.6 Å². The van der Waals surface area contributed by atoms with Crippen molar-refractivity contribution >= 4 is 11.6 Å². The number of hydrogen-bond donors (Lipinski definition) is 2. The summed E-state index contributed by atoms with van der Waals surface area (Å²) >= 11 is 6.20. The van der Waals surface area contributed by atoms with Gasteiger partial charge in [0.1, 0.15) is 11.5 Å². The lowest BCUT2D eigenvalue weighted by Crippen LogP contribution is -2.23. The second-order valence-corrected chi connectivity index (χ2v) is 6.78. The second-order valence-electron chi connectivity index (χ2n) is 6.42. The van der Waals surface area contributed by atoms with Gasteiger partial charge in [-0.15, -0.1) is 10.2 Å². The summed E-state index contributed by atoms with van der Waals surface area (Å²) in [6.07, 6.45) is 2.11. The Labute approximate surface area is 152 Å². The van der Waals surface area contributed by atoms with Crippen molar-refractivity contribution in [2.75, 3.05) is 0 Å². The molecule has 0 spiro atoms. The Morgan fingerprint density at radius 3 is 2.73 bits per heavy atom. The fraction of sp³-hybridized carbons (Fsp3) is 0.222. The lowest BCUT2D eigenvalue weighted by atomic mass is 10.0. The van der Waals surface area contributed by atoms with E-state index in [1.165, 1.54) is 6.20 Å². The molecule has 0 unspecified atom stereocenters. The van der Waals surface area contributed by atoms with Crippen LogP contribution in [0.15, 0.2) is 40.1 Å². The van der Waals surface area contributed by atoms with E-state index in [1.54, 1.807) is 25.1 Å². The van der Waals surface area contributed by atoms with Crippen molar-refractivity contribution in [1.82, 2.24) is 20.2 Å². The molecule has 1 fully saturated rings. The van der Waals surface area contributed by atoms with Crippen LogP contribution in [-0.2, 0) is 0 Å². The van der Waals surface area contributed by atoms with E-state index >= 15 is 0 Å². The molecule has 8 heteroatoms. The van der Waals surface area contributed by atoms with Crippen molar-refractivity contribution in [3.8, 4) is 11.3 Å². The van der Waals surface area contributed by atoms with Gasteiger partial charge in [-0.2, -0.15) is 0 Å². The Hall–Kier alpha value is -2.80. The lowest BCUT2D eigenvalue weighted by molar-refractivity contribution is 0.616. The molecule has 0 saturated heterocycles. The molecule has 1 aromatic carbocycles. The van der Waals surface area contributed by atoms with Crippen LogP contribution in [0.5, 0.6) is 0 Å². The van der Waals surface area contributed by atoms with E-state index in [0.717, 1.165) is 17.5 Å². The molecule has 26 heavy (non-hydrogen) atoms. The summed E-state index contributed by atoms with van der Waals surface area (Å²) in [6.45, 7) is 1.72. The van der Waals surface area contributed by atoms with E-state index in [2.05, 4.69) is 20.2 Å². The molecule has 0 bridgehead atoms. The quantitative estimate of drug-likeness (QED) is 0.739. The van der Waals surface area contributed by atoms with E-state index in [9.17, 15) is 14.0 Å². The van der Waals surface area contributed by atoms with Crippen molar-refractivity contribution in [3.63, 3.8) is 0 Å². The van der Waals surface area contributed by atoms with Crippen molar-refractivity contribution in [2.24, 2.45) is 0 Å². The highest BCUT2D eigenvalue weighted by Gasteiger charge is 2.41. The molecular formula is C18H14ClFN4O2. The Bertz CT molecular complexity index is 1120. The zero-order valence-corrected chi connectivity index (χ0v) is 14.5. The van der Waals surface area contributed by atoms with Gasteiger partial charge in [0.2, 0.25) is 0 Å². The molecule has 1 aliphatic rings. The van der Waals surface area contributed by atoms with E-state index < -0.39 is 11.2 Å². The van der Waals surface area contributed by atoms with Crippen molar-refractivity contribution in [2.45, 2.75) is 25.2 Å². The topological polar surface area (TPSA) is 91.5 Å². The summed E-state index contributed by atoms with van der Waals surface area (Å²) in [4.78, 5) is 27.7. The Morgan fingerprint density at radius 2 is 2.00 bits per heavy atom. The highest BCUT2D eigenvalue weighted by Crippen LogP contribution is 2.56. The van der Waals surface area contributed by atoms with Gasteiger partial charge >= 0.3 is 5.69 Å². The van der Waals surface area contributed by atoms with Gasteiger partial charge in [-0.25, -0.2) is 9.18 Å². The molecule has 3 aromatic rings. The van der Waals surface area contributed by atoms with Crippen LogP contribution < -0.4 is 11.2 Å². The Kier molecular flexibility index (Phi) is 3.96. The fourth-order valence-corrected chi connectivity index (χ4v) is 3.36. The monoisotopic (exact) mass is 372 g/mol. The fourth-order valence-electron chi connectivity index (χ4n) is 3.13. The van der Waals surface area contributed by atoms with Gasteiger partial charge in [0.15, 0.2) is 5.15 Å². The third-order valence-electron chi connectivity index (χ3n) is 4.69. The highest BCUT2D eigenvalue weighted by molar-refractivity contribution is 6.30.